The van der Waals surface area contributed by atoms with Gasteiger partial charge in [-0.1, -0.05) is 163 Å². The van der Waals surface area contributed by atoms with Crippen molar-refractivity contribution in [2.75, 3.05) is 0 Å². The topological polar surface area (TPSA) is 27.8 Å². The van der Waals surface area contributed by atoms with Gasteiger partial charge >= 0.3 is 0 Å². The van der Waals surface area contributed by atoms with Gasteiger partial charge in [0.05, 0.1) is 6.04 Å². The van der Waals surface area contributed by atoms with Gasteiger partial charge in [-0.15, -0.1) is 0 Å². The summed E-state index contributed by atoms with van der Waals surface area (Å²) in [6.07, 6.45) is 8.55. The number of dihydropyridines is 1. The maximum Gasteiger partial charge on any atom is 0.0850 e. The van der Waals surface area contributed by atoms with Crippen LogP contribution in [0.15, 0.2) is 176 Å². The van der Waals surface area contributed by atoms with Gasteiger partial charge < -0.3 is 10.3 Å². The van der Waals surface area contributed by atoms with Crippen molar-refractivity contribution >= 4 is 5.70 Å². The molecule has 1 unspecified atom stereocenters. The van der Waals surface area contributed by atoms with Crippen molar-refractivity contribution in [3.8, 4) is 66.8 Å². The number of aromatic nitrogens is 1. The third-order valence-electron chi connectivity index (χ3n) is 15.0. The predicted molar refractivity (Wildman–Crippen MR) is 259 cm³/mol. The largest absolute Gasteiger partial charge is 0.373 e. The molecule has 0 radical (unpaired) electrons. The van der Waals surface area contributed by atoms with E-state index in [2.05, 4.69) is 222 Å². The Bertz CT molecular complexity index is 3240. The summed E-state index contributed by atoms with van der Waals surface area (Å²) in [6.45, 7) is 14.3. The monoisotopic (exact) mass is 798 g/mol. The number of fused-ring (bicyclic) bond motifs is 9. The number of aromatic amines is 1. The van der Waals surface area contributed by atoms with Crippen LogP contribution in [0, 0.1) is 0 Å². The Hall–Kier alpha value is -6.90. The van der Waals surface area contributed by atoms with E-state index in [-0.39, 0.29) is 22.3 Å². The van der Waals surface area contributed by atoms with Crippen LogP contribution in [0.2, 0.25) is 0 Å². The lowest BCUT2D eigenvalue weighted by Crippen LogP contribution is -2.21. The molecule has 2 N–H and O–H groups in total. The van der Waals surface area contributed by atoms with Gasteiger partial charge in [0.15, 0.2) is 0 Å². The number of rotatable bonds is 5. The molecule has 0 bridgehead atoms. The Morgan fingerprint density at radius 3 is 1.26 bits per heavy atom. The normalized spacial score (nSPS) is 17.6. The lowest BCUT2D eigenvalue weighted by molar-refractivity contribution is 0.659. The highest BCUT2D eigenvalue weighted by Gasteiger charge is 2.39. The summed E-state index contributed by atoms with van der Waals surface area (Å²) in [5.74, 6) is 0. The van der Waals surface area contributed by atoms with Gasteiger partial charge in [-0.2, -0.15) is 0 Å². The summed E-state index contributed by atoms with van der Waals surface area (Å²) >= 11 is 0. The standard InChI is InChI=1S/C60H50N2/c1-58(2)49-16-10-9-14-42(49)43-25-20-36(31-50(43)58)37-21-26-44-45-27-22-38(33-52(45)59(3,4)51(44)32-37)39-23-28-46-47-29-24-40(35-54(47)60(5,6)53(46)34-39)41-13-7-8-15-48(41)55-17-11-18-57(62-55)56-19-12-30-61-56/h7-35,57,61-62H,1-6H3. The molecule has 0 fully saturated rings. The summed E-state index contributed by atoms with van der Waals surface area (Å²) < 4.78 is 0. The van der Waals surface area contributed by atoms with Gasteiger partial charge in [-0.25, -0.2) is 0 Å². The zero-order valence-electron chi connectivity index (χ0n) is 36.3. The molecule has 62 heavy (non-hydrogen) atoms. The highest BCUT2D eigenvalue weighted by atomic mass is 15.0. The Morgan fingerprint density at radius 2 is 0.774 bits per heavy atom. The molecule has 300 valence electrons. The second kappa shape index (κ2) is 13.1. The number of hydrogen-bond acceptors (Lipinski definition) is 1. The van der Waals surface area contributed by atoms with E-state index in [1.807, 2.05) is 6.20 Å². The van der Waals surface area contributed by atoms with Gasteiger partial charge in [0.25, 0.3) is 0 Å². The molecule has 7 aromatic carbocycles. The average Bonchev–Trinajstić information content (AvgIpc) is 4.03. The molecule has 1 atom stereocenters. The Kier molecular flexibility index (Phi) is 7.77. The van der Waals surface area contributed by atoms with Crippen molar-refractivity contribution in [3.63, 3.8) is 0 Å². The van der Waals surface area contributed by atoms with Crippen LogP contribution in [-0.4, -0.2) is 4.98 Å². The third kappa shape index (κ3) is 5.29. The van der Waals surface area contributed by atoms with Crippen molar-refractivity contribution in [2.45, 2.75) is 63.8 Å². The number of hydrogen-bond donors (Lipinski definition) is 2. The predicted octanol–water partition coefficient (Wildman–Crippen LogP) is 15.2. The number of H-pyrrole nitrogens is 1. The first kappa shape index (κ1) is 36.9. The van der Waals surface area contributed by atoms with E-state index in [1.54, 1.807) is 0 Å². The van der Waals surface area contributed by atoms with Crippen LogP contribution < -0.4 is 5.32 Å². The van der Waals surface area contributed by atoms with Crippen LogP contribution in [0.25, 0.3) is 72.5 Å². The second-order valence-electron chi connectivity index (χ2n) is 19.5. The zero-order valence-corrected chi connectivity index (χ0v) is 36.3. The van der Waals surface area contributed by atoms with Crippen molar-refractivity contribution in [3.05, 3.63) is 221 Å². The molecule has 2 heterocycles. The molecule has 8 aromatic rings. The second-order valence-corrected chi connectivity index (χ2v) is 19.5. The van der Waals surface area contributed by atoms with E-state index < -0.39 is 0 Å². The minimum Gasteiger partial charge on any atom is -0.373 e. The Balaban J connectivity index is 0.851. The lowest BCUT2D eigenvalue weighted by Gasteiger charge is -2.25. The minimum absolute atomic E-state index is 0.0220. The first-order valence-electron chi connectivity index (χ1n) is 22.2. The first-order chi connectivity index (χ1) is 30.0. The van der Waals surface area contributed by atoms with E-state index in [9.17, 15) is 0 Å². The molecular weight excluding hydrogens is 749 g/mol. The summed E-state index contributed by atoms with van der Waals surface area (Å²) in [7, 11) is 0. The van der Waals surface area contributed by atoms with Crippen molar-refractivity contribution in [2.24, 2.45) is 0 Å². The van der Waals surface area contributed by atoms with Crippen LogP contribution in [0.3, 0.4) is 0 Å². The smallest absolute Gasteiger partial charge is 0.0850 e. The number of benzene rings is 7. The fraction of sp³-hybridized carbons (Fsp3) is 0.167. The maximum atomic E-state index is 3.78. The lowest BCUT2D eigenvalue weighted by atomic mass is 9.79. The van der Waals surface area contributed by atoms with Gasteiger partial charge in [-0.3, -0.25) is 0 Å². The van der Waals surface area contributed by atoms with E-state index in [4.69, 9.17) is 0 Å². The van der Waals surface area contributed by atoms with Crippen LogP contribution in [0.4, 0.5) is 0 Å². The third-order valence-corrected chi connectivity index (χ3v) is 15.0. The highest BCUT2D eigenvalue weighted by molar-refractivity contribution is 5.91. The quantitative estimate of drug-likeness (QED) is 0.178. The van der Waals surface area contributed by atoms with E-state index in [1.165, 1.54) is 106 Å². The van der Waals surface area contributed by atoms with Gasteiger partial charge in [0.1, 0.15) is 0 Å². The molecular formula is C60H50N2. The van der Waals surface area contributed by atoms with E-state index in [0.717, 1.165) is 11.4 Å². The zero-order chi connectivity index (χ0) is 42.1. The van der Waals surface area contributed by atoms with Crippen LogP contribution >= 0.6 is 0 Å². The molecule has 2 nitrogen and oxygen atoms in total. The first-order valence-corrected chi connectivity index (χ1v) is 22.2. The van der Waals surface area contributed by atoms with Gasteiger partial charge in [0.2, 0.25) is 0 Å². The minimum atomic E-state index is -0.159. The fourth-order valence-electron chi connectivity index (χ4n) is 11.4. The summed E-state index contributed by atoms with van der Waals surface area (Å²) in [5.41, 5.74) is 27.3. The SMILES string of the molecule is CC1(C)c2ccccc2-c2ccc(-c3ccc4c(c3)C(C)(C)c3cc(-c5ccc6c(c5)C(C)(C)c5cc(-c7ccccc7C7=CC=CC(c8ccc[nH]8)N7)ccc5-6)ccc3-4)cc21. The molecule has 1 aromatic heterocycles. The average molecular weight is 799 g/mol. The molecule has 2 heteroatoms. The summed E-state index contributed by atoms with van der Waals surface area (Å²) in [6, 6.07) is 57.8. The molecule has 0 amide bonds. The molecule has 1 aliphatic heterocycles. The Morgan fingerprint density at radius 1 is 0.371 bits per heavy atom. The number of allylic oxidation sites excluding steroid dienone is 2. The molecule has 3 aliphatic carbocycles. The Labute approximate surface area is 365 Å². The van der Waals surface area contributed by atoms with Gasteiger partial charge in [-0.05, 0) is 149 Å². The fourth-order valence-corrected chi connectivity index (χ4v) is 11.4. The van der Waals surface area contributed by atoms with E-state index >= 15 is 0 Å². The summed E-state index contributed by atoms with van der Waals surface area (Å²) in [5, 5.41) is 3.78. The molecule has 4 aliphatic rings. The van der Waals surface area contributed by atoms with Crippen LogP contribution in [-0.2, 0) is 16.2 Å². The molecule has 0 saturated heterocycles. The molecule has 0 spiro atoms. The summed E-state index contributed by atoms with van der Waals surface area (Å²) in [4.78, 5) is 3.38. The van der Waals surface area contributed by atoms with Crippen molar-refractivity contribution in [1.82, 2.24) is 10.3 Å². The van der Waals surface area contributed by atoms with Crippen LogP contribution in [0.5, 0.6) is 0 Å². The van der Waals surface area contributed by atoms with Crippen molar-refractivity contribution in [1.29, 1.82) is 0 Å². The number of nitrogens with one attached hydrogen (secondary N) is 2. The maximum absolute atomic E-state index is 3.78. The van der Waals surface area contributed by atoms with Gasteiger partial charge in [0, 0.05) is 39.4 Å². The van der Waals surface area contributed by atoms with E-state index in [0.29, 0.717) is 0 Å². The van der Waals surface area contributed by atoms with Crippen LogP contribution in [0.1, 0.15) is 92.2 Å². The highest BCUT2D eigenvalue weighted by Crippen LogP contribution is 2.54. The molecule has 12 rings (SSSR count). The molecule has 0 saturated carbocycles. The van der Waals surface area contributed by atoms with Crippen molar-refractivity contribution < 1.29 is 0 Å².